The number of carbonyl (C=O) groups is 2. The molecule has 142 valence electrons. The molecule has 2 aromatic rings. The molecular weight excluding hydrogens is 364 g/mol. The third kappa shape index (κ3) is 5.31. The average Bonchev–Trinajstić information content (AvgIpc) is 2.81. The molecule has 6 heteroatoms. The second kappa shape index (κ2) is 9.02. The van der Waals surface area contributed by atoms with Gasteiger partial charge in [0.25, 0.3) is 5.91 Å². The number of halogens is 1. The highest BCUT2D eigenvalue weighted by molar-refractivity contribution is 6.30. The lowest BCUT2D eigenvalue weighted by atomic mass is 10.1. The third-order valence-corrected chi connectivity index (χ3v) is 4.91. The van der Waals surface area contributed by atoms with Crippen LogP contribution >= 0.6 is 11.6 Å². The molecule has 1 unspecified atom stereocenters. The molecule has 1 saturated heterocycles. The quantitative estimate of drug-likeness (QED) is 0.859. The van der Waals surface area contributed by atoms with Crippen molar-refractivity contribution in [2.24, 2.45) is 0 Å². The maximum atomic E-state index is 12.7. The van der Waals surface area contributed by atoms with Gasteiger partial charge in [-0.25, -0.2) is 0 Å². The molecule has 0 radical (unpaired) electrons. The smallest absolute Gasteiger partial charge is 0.254 e. The number of rotatable bonds is 5. The number of amides is 2. The predicted molar refractivity (Wildman–Crippen MR) is 105 cm³/mol. The molecule has 0 spiro atoms. The van der Waals surface area contributed by atoms with Gasteiger partial charge in [0.05, 0.1) is 6.10 Å². The SMILES string of the molecule is O=C1CN(C(=O)c2ccc(Cl)cc2)CC(O)CN1CCCc1ccccc1. The van der Waals surface area contributed by atoms with Crippen molar-refractivity contribution in [2.75, 3.05) is 26.2 Å². The van der Waals surface area contributed by atoms with Crippen LogP contribution in [-0.2, 0) is 11.2 Å². The number of carbonyl (C=O) groups excluding carboxylic acids is 2. The molecule has 1 aliphatic rings. The molecule has 1 atom stereocenters. The number of benzene rings is 2. The molecular formula is C21H23ClN2O3. The first-order valence-electron chi connectivity index (χ1n) is 9.07. The molecule has 0 aliphatic carbocycles. The Hall–Kier alpha value is -2.37. The van der Waals surface area contributed by atoms with Crippen molar-refractivity contribution in [1.29, 1.82) is 0 Å². The number of β-amino-alcohol motifs (C(OH)–C–C–N with tert-alkyl or cyclic N) is 1. The standard InChI is InChI=1S/C21H23ClN2O3/c22-18-10-8-17(9-11-18)21(27)24-14-19(25)13-23(20(26)15-24)12-4-7-16-5-2-1-3-6-16/h1-3,5-6,8-11,19,25H,4,7,12-15H2. The van der Waals surface area contributed by atoms with Crippen LogP contribution in [0.4, 0.5) is 0 Å². The van der Waals surface area contributed by atoms with Crippen LogP contribution in [0.3, 0.4) is 0 Å². The molecule has 1 heterocycles. The minimum Gasteiger partial charge on any atom is -0.389 e. The van der Waals surface area contributed by atoms with Gasteiger partial charge >= 0.3 is 0 Å². The molecule has 0 bridgehead atoms. The van der Waals surface area contributed by atoms with E-state index in [1.807, 2.05) is 18.2 Å². The maximum Gasteiger partial charge on any atom is 0.254 e. The van der Waals surface area contributed by atoms with Crippen molar-refractivity contribution in [3.05, 3.63) is 70.7 Å². The number of hydrogen-bond acceptors (Lipinski definition) is 3. The summed E-state index contributed by atoms with van der Waals surface area (Å²) in [4.78, 5) is 28.3. The Kier molecular flexibility index (Phi) is 6.48. The normalized spacial score (nSPS) is 17.7. The van der Waals surface area contributed by atoms with E-state index in [2.05, 4.69) is 12.1 Å². The minimum absolute atomic E-state index is 0.0240. The highest BCUT2D eigenvalue weighted by Crippen LogP contribution is 2.14. The molecule has 5 nitrogen and oxygen atoms in total. The van der Waals surface area contributed by atoms with E-state index in [1.54, 1.807) is 29.2 Å². The number of nitrogens with zero attached hydrogens (tertiary/aromatic N) is 2. The van der Waals surface area contributed by atoms with Crippen LogP contribution in [0.15, 0.2) is 54.6 Å². The molecule has 1 aliphatic heterocycles. The topological polar surface area (TPSA) is 60.9 Å². The van der Waals surface area contributed by atoms with Crippen LogP contribution < -0.4 is 0 Å². The lowest BCUT2D eigenvalue weighted by molar-refractivity contribution is -0.131. The second-order valence-corrected chi connectivity index (χ2v) is 7.21. The third-order valence-electron chi connectivity index (χ3n) is 4.66. The number of aliphatic hydroxyl groups excluding tert-OH is 1. The van der Waals surface area contributed by atoms with Crippen molar-refractivity contribution >= 4 is 23.4 Å². The van der Waals surface area contributed by atoms with Crippen LogP contribution in [0.25, 0.3) is 0 Å². The summed E-state index contributed by atoms with van der Waals surface area (Å²) >= 11 is 5.86. The first-order valence-corrected chi connectivity index (χ1v) is 9.45. The molecule has 0 aromatic heterocycles. The van der Waals surface area contributed by atoms with Crippen molar-refractivity contribution in [2.45, 2.75) is 18.9 Å². The molecule has 2 amide bonds. The van der Waals surface area contributed by atoms with Gasteiger partial charge in [0, 0.05) is 30.2 Å². The number of aliphatic hydroxyl groups is 1. The molecule has 3 rings (SSSR count). The Morgan fingerprint density at radius 1 is 1.07 bits per heavy atom. The van der Waals surface area contributed by atoms with E-state index in [0.717, 1.165) is 12.8 Å². The largest absolute Gasteiger partial charge is 0.389 e. The van der Waals surface area contributed by atoms with Crippen LogP contribution in [-0.4, -0.2) is 59.0 Å². The van der Waals surface area contributed by atoms with Crippen molar-refractivity contribution in [3.8, 4) is 0 Å². The van der Waals surface area contributed by atoms with E-state index >= 15 is 0 Å². The van der Waals surface area contributed by atoms with Gasteiger partial charge in [-0.05, 0) is 42.7 Å². The summed E-state index contributed by atoms with van der Waals surface area (Å²) in [6.45, 7) is 0.929. The zero-order chi connectivity index (χ0) is 19.2. The fourth-order valence-corrected chi connectivity index (χ4v) is 3.39. The summed E-state index contributed by atoms with van der Waals surface area (Å²) in [6.07, 6.45) is 0.922. The van der Waals surface area contributed by atoms with Crippen molar-refractivity contribution in [3.63, 3.8) is 0 Å². The molecule has 1 fully saturated rings. The Bertz CT molecular complexity index is 780. The minimum atomic E-state index is -0.760. The summed E-state index contributed by atoms with van der Waals surface area (Å²) in [6, 6.07) is 16.6. The molecule has 2 aromatic carbocycles. The highest BCUT2D eigenvalue weighted by Gasteiger charge is 2.29. The fourth-order valence-electron chi connectivity index (χ4n) is 3.26. The van der Waals surface area contributed by atoms with E-state index in [0.29, 0.717) is 17.1 Å². The van der Waals surface area contributed by atoms with Gasteiger partial charge in [-0.15, -0.1) is 0 Å². The number of hydrogen-bond donors (Lipinski definition) is 1. The van der Waals surface area contributed by atoms with Gasteiger partial charge in [0.2, 0.25) is 5.91 Å². The zero-order valence-electron chi connectivity index (χ0n) is 15.1. The Morgan fingerprint density at radius 3 is 2.48 bits per heavy atom. The van der Waals surface area contributed by atoms with Gasteiger partial charge in [0.1, 0.15) is 6.54 Å². The van der Waals surface area contributed by atoms with Gasteiger partial charge in [-0.3, -0.25) is 9.59 Å². The molecule has 0 saturated carbocycles. The summed E-state index contributed by atoms with van der Waals surface area (Å²) in [7, 11) is 0. The van der Waals surface area contributed by atoms with Gasteiger partial charge in [-0.1, -0.05) is 41.9 Å². The highest BCUT2D eigenvalue weighted by atomic mass is 35.5. The maximum absolute atomic E-state index is 12.7. The van der Waals surface area contributed by atoms with E-state index < -0.39 is 6.10 Å². The van der Waals surface area contributed by atoms with E-state index in [1.165, 1.54) is 10.5 Å². The van der Waals surface area contributed by atoms with Gasteiger partial charge in [0.15, 0.2) is 0 Å². The summed E-state index contributed by atoms with van der Waals surface area (Å²) in [5.41, 5.74) is 1.68. The first kappa shape index (κ1) is 19.4. The second-order valence-electron chi connectivity index (χ2n) is 6.78. The Balaban J connectivity index is 1.59. The van der Waals surface area contributed by atoms with Crippen LogP contribution in [0.5, 0.6) is 0 Å². The van der Waals surface area contributed by atoms with E-state index in [4.69, 9.17) is 11.6 Å². The van der Waals surface area contributed by atoms with Crippen LogP contribution in [0.2, 0.25) is 5.02 Å². The molecule has 1 N–H and O–H groups in total. The first-order chi connectivity index (χ1) is 13.0. The summed E-state index contributed by atoms with van der Waals surface area (Å²) < 4.78 is 0. The lowest BCUT2D eigenvalue weighted by Gasteiger charge is -2.22. The Morgan fingerprint density at radius 2 is 1.78 bits per heavy atom. The summed E-state index contributed by atoms with van der Waals surface area (Å²) in [5.74, 6) is -0.410. The number of aryl methyl sites for hydroxylation is 1. The van der Waals surface area contributed by atoms with Gasteiger partial charge < -0.3 is 14.9 Å². The van der Waals surface area contributed by atoms with E-state index in [9.17, 15) is 14.7 Å². The van der Waals surface area contributed by atoms with E-state index in [-0.39, 0.29) is 31.4 Å². The predicted octanol–water partition coefficient (Wildman–Crippen LogP) is 2.62. The Labute approximate surface area is 164 Å². The van der Waals surface area contributed by atoms with Gasteiger partial charge in [-0.2, -0.15) is 0 Å². The average molecular weight is 387 g/mol. The van der Waals surface area contributed by atoms with Crippen LogP contribution in [0.1, 0.15) is 22.3 Å². The summed E-state index contributed by atoms with van der Waals surface area (Å²) in [5, 5.41) is 10.8. The van der Waals surface area contributed by atoms with Crippen molar-refractivity contribution in [1.82, 2.24) is 9.80 Å². The molecule has 27 heavy (non-hydrogen) atoms. The van der Waals surface area contributed by atoms with Crippen molar-refractivity contribution < 1.29 is 14.7 Å². The van der Waals surface area contributed by atoms with Crippen LogP contribution in [0, 0.1) is 0 Å². The fraction of sp³-hybridized carbons (Fsp3) is 0.333. The monoisotopic (exact) mass is 386 g/mol. The zero-order valence-corrected chi connectivity index (χ0v) is 15.8. The lowest BCUT2D eigenvalue weighted by Crippen LogP contribution is -2.39.